The number of aromatic amines is 1. The molecule has 2 aromatic heterocycles. The van der Waals surface area contributed by atoms with Crippen LogP contribution in [0.3, 0.4) is 0 Å². The molecular weight excluding hydrogens is 380 g/mol. The fraction of sp³-hybridized carbons (Fsp3) is 0.167. The number of ether oxygens (including phenoxy) is 2. The van der Waals surface area contributed by atoms with Crippen molar-refractivity contribution in [3.8, 4) is 28.5 Å². The molecule has 0 unspecified atom stereocenters. The Labute approximate surface area is 173 Å². The Morgan fingerprint density at radius 2 is 1.77 bits per heavy atom. The summed E-state index contributed by atoms with van der Waals surface area (Å²) in [6, 6.07) is 14.7. The van der Waals surface area contributed by atoms with Gasteiger partial charge in [-0.25, -0.2) is 0 Å². The van der Waals surface area contributed by atoms with Gasteiger partial charge in [0.25, 0.3) is 5.56 Å². The summed E-state index contributed by atoms with van der Waals surface area (Å²) < 4.78 is 10.6. The molecule has 0 amide bonds. The highest BCUT2D eigenvalue weighted by molar-refractivity contribution is 5.85. The molecule has 6 nitrogen and oxygen atoms in total. The maximum absolute atomic E-state index is 12.6. The summed E-state index contributed by atoms with van der Waals surface area (Å²) in [6.07, 6.45) is 2.28. The third-order valence-corrected chi connectivity index (χ3v) is 5.05. The summed E-state index contributed by atoms with van der Waals surface area (Å²) >= 11 is 0. The standard InChI is InChI=1S/C24H22N2O4/c1-14-4-7-21(27)19(8-14)20-6-5-15(13-25-20)9-17-10-16-11-22(29-2)23(30-3)12-18(16)24(28)26-17/h4-8,10-13,27H,9H2,1-3H3,(H,26,28). The largest absolute Gasteiger partial charge is 0.507 e. The first-order valence-corrected chi connectivity index (χ1v) is 9.51. The number of phenolic OH excluding ortho intramolecular Hbond substituents is 1. The van der Waals surface area contributed by atoms with Crippen molar-refractivity contribution in [1.29, 1.82) is 0 Å². The van der Waals surface area contributed by atoms with E-state index in [9.17, 15) is 9.90 Å². The summed E-state index contributed by atoms with van der Waals surface area (Å²) in [7, 11) is 3.11. The van der Waals surface area contributed by atoms with Crippen molar-refractivity contribution in [2.75, 3.05) is 14.2 Å². The van der Waals surface area contributed by atoms with Crippen molar-refractivity contribution < 1.29 is 14.6 Å². The van der Waals surface area contributed by atoms with Crippen LogP contribution in [0.15, 0.2) is 59.5 Å². The van der Waals surface area contributed by atoms with Crippen molar-refractivity contribution >= 4 is 10.8 Å². The predicted molar refractivity (Wildman–Crippen MR) is 117 cm³/mol. The van der Waals surface area contributed by atoms with Crippen LogP contribution in [-0.2, 0) is 6.42 Å². The lowest BCUT2D eigenvalue weighted by atomic mass is 10.0. The smallest absolute Gasteiger partial charge is 0.256 e. The molecule has 0 aliphatic carbocycles. The molecule has 6 heteroatoms. The van der Waals surface area contributed by atoms with Gasteiger partial charge >= 0.3 is 0 Å². The van der Waals surface area contributed by atoms with Gasteiger partial charge in [-0.05, 0) is 54.3 Å². The number of H-pyrrole nitrogens is 1. The molecule has 0 atom stereocenters. The minimum atomic E-state index is -0.183. The zero-order valence-electron chi connectivity index (χ0n) is 17.0. The molecule has 0 aliphatic heterocycles. The minimum absolute atomic E-state index is 0.183. The maximum atomic E-state index is 12.6. The van der Waals surface area contributed by atoms with Crippen LogP contribution in [0.25, 0.3) is 22.0 Å². The van der Waals surface area contributed by atoms with E-state index < -0.39 is 0 Å². The lowest BCUT2D eigenvalue weighted by Gasteiger charge is -2.10. The Hall–Kier alpha value is -3.80. The van der Waals surface area contributed by atoms with Crippen molar-refractivity contribution in [3.63, 3.8) is 0 Å². The summed E-state index contributed by atoms with van der Waals surface area (Å²) in [5, 5.41) is 11.4. The number of aryl methyl sites for hydroxylation is 1. The molecule has 152 valence electrons. The third kappa shape index (κ3) is 3.72. The molecule has 30 heavy (non-hydrogen) atoms. The summed E-state index contributed by atoms with van der Waals surface area (Å²) in [4.78, 5) is 20.0. The molecule has 0 bridgehead atoms. The summed E-state index contributed by atoms with van der Waals surface area (Å²) in [5.74, 6) is 1.29. The van der Waals surface area contributed by atoms with Gasteiger partial charge in [0.1, 0.15) is 5.75 Å². The number of pyridine rings is 2. The minimum Gasteiger partial charge on any atom is -0.507 e. The maximum Gasteiger partial charge on any atom is 0.256 e. The van der Waals surface area contributed by atoms with Crippen molar-refractivity contribution in [3.05, 3.63) is 81.9 Å². The predicted octanol–water partition coefficient (Wildman–Crippen LogP) is 4.21. The molecule has 0 aliphatic rings. The highest BCUT2D eigenvalue weighted by atomic mass is 16.5. The second-order valence-electron chi connectivity index (χ2n) is 7.17. The van der Waals surface area contributed by atoms with Crippen LogP contribution in [0.5, 0.6) is 17.2 Å². The number of hydrogen-bond donors (Lipinski definition) is 2. The number of benzene rings is 2. The van der Waals surface area contributed by atoms with Gasteiger partial charge in [-0.3, -0.25) is 9.78 Å². The van der Waals surface area contributed by atoms with Crippen LogP contribution in [-0.4, -0.2) is 29.3 Å². The average molecular weight is 402 g/mol. The Bertz CT molecular complexity index is 1280. The van der Waals surface area contributed by atoms with Gasteiger partial charge in [-0.15, -0.1) is 0 Å². The monoisotopic (exact) mass is 402 g/mol. The van der Waals surface area contributed by atoms with E-state index in [1.54, 1.807) is 38.6 Å². The lowest BCUT2D eigenvalue weighted by Crippen LogP contribution is -2.10. The van der Waals surface area contributed by atoms with E-state index >= 15 is 0 Å². The van der Waals surface area contributed by atoms with Crippen molar-refractivity contribution in [2.24, 2.45) is 0 Å². The van der Waals surface area contributed by atoms with Crippen LogP contribution in [0.1, 0.15) is 16.8 Å². The first-order valence-electron chi connectivity index (χ1n) is 9.51. The second-order valence-corrected chi connectivity index (χ2v) is 7.17. The average Bonchev–Trinajstić information content (AvgIpc) is 2.75. The first-order chi connectivity index (χ1) is 14.5. The SMILES string of the molecule is COc1cc2cc(Cc3ccc(-c4cc(C)ccc4O)nc3)[nH]c(=O)c2cc1OC. The number of aromatic nitrogens is 2. The van der Waals surface area contributed by atoms with Gasteiger partial charge in [0.2, 0.25) is 0 Å². The Morgan fingerprint density at radius 3 is 2.47 bits per heavy atom. The molecule has 2 N–H and O–H groups in total. The van der Waals surface area contributed by atoms with Crippen LogP contribution < -0.4 is 15.0 Å². The van der Waals surface area contributed by atoms with Gasteiger partial charge < -0.3 is 19.6 Å². The Kier molecular flexibility index (Phi) is 5.14. The number of nitrogens with zero attached hydrogens (tertiary/aromatic N) is 1. The first kappa shape index (κ1) is 19.5. The number of nitrogens with one attached hydrogen (secondary N) is 1. The second kappa shape index (κ2) is 7.91. The van der Waals surface area contributed by atoms with Crippen LogP contribution >= 0.6 is 0 Å². The number of methoxy groups -OCH3 is 2. The fourth-order valence-corrected chi connectivity index (χ4v) is 3.51. The number of aromatic hydroxyl groups is 1. The van der Waals surface area contributed by atoms with Gasteiger partial charge in [-0.2, -0.15) is 0 Å². The van der Waals surface area contributed by atoms with E-state index in [-0.39, 0.29) is 11.3 Å². The van der Waals surface area contributed by atoms with Crippen LogP contribution in [0.4, 0.5) is 0 Å². The zero-order valence-corrected chi connectivity index (χ0v) is 17.0. The number of phenols is 1. The van der Waals surface area contributed by atoms with Gasteiger partial charge in [0, 0.05) is 23.9 Å². The quantitative estimate of drug-likeness (QED) is 0.522. The third-order valence-electron chi connectivity index (χ3n) is 5.05. The van der Waals surface area contributed by atoms with Crippen LogP contribution in [0.2, 0.25) is 0 Å². The zero-order chi connectivity index (χ0) is 21.3. The molecule has 0 fully saturated rings. The Balaban J connectivity index is 1.65. The number of fused-ring (bicyclic) bond motifs is 1. The molecule has 0 radical (unpaired) electrons. The van der Waals surface area contributed by atoms with E-state index in [1.165, 1.54) is 0 Å². The molecule has 2 aromatic carbocycles. The lowest BCUT2D eigenvalue weighted by molar-refractivity contribution is 0.356. The topological polar surface area (TPSA) is 84.4 Å². The highest BCUT2D eigenvalue weighted by Gasteiger charge is 2.11. The fourth-order valence-electron chi connectivity index (χ4n) is 3.51. The molecule has 0 spiro atoms. The van der Waals surface area contributed by atoms with Gasteiger partial charge in [0.05, 0.1) is 25.3 Å². The van der Waals surface area contributed by atoms with Gasteiger partial charge in [-0.1, -0.05) is 17.7 Å². The van der Waals surface area contributed by atoms with E-state index in [2.05, 4.69) is 9.97 Å². The van der Waals surface area contributed by atoms with E-state index in [4.69, 9.17) is 9.47 Å². The van der Waals surface area contributed by atoms with Crippen LogP contribution in [0, 0.1) is 6.92 Å². The number of rotatable bonds is 5. The molecule has 0 saturated carbocycles. The highest BCUT2D eigenvalue weighted by Crippen LogP contribution is 2.31. The molecule has 2 heterocycles. The van der Waals surface area contributed by atoms with Gasteiger partial charge in [0.15, 0.2) is 11.5 Å². The molecular formula is C24H22N2O4. The van der Waals surface area contributed by atoms with E-state index in [1.807, 2.05) is 37.3 Å². The van der Waals surface area contributed by atoms with E-state index in [0.717, 1.165) is 22.2 Å². The molecule has 4 aromatic rings. The molecule has 0 saturated heterocycles. The van der Waals surface area contributed by atoms with E-state index in [0.29, 0.717) is 34.6 Å². The normalized spacial score (nSPS) is 10.9. The summed E-state index contributed by atoms with van der Waals surface area (Å²) in [6.45, 7) is 1.97. The van der Waals surface area contributed by atoms with Crippen molar-refractivity contribution in [1.82, 2.24) is 9.97 Å². The molecule has 4 rings (SSSR count). The Morgan fingerprint density at radius 1 is 1.00 bits per heavy atom. The number of hydrogen-bond acceptors (Lipinski definition) is 5. The summed E-state index contributed by atoms with van der Waals surface area (Å²) in [5.41, 5.74) is 3.98. The van der Waals surface area contributed by atoms with Crippen molar-refractivity contribution in [2.45, 2.75) is 13.3 Å².